The van der Waals surface area contributed by atoms with Gasteiger partial charge >= 0.3 is 15.2 Å². The summed E-state index contributed by atoms with van der Waals surface area (Å²) in [5.74, 6) is -2.09. The first-order chi connectivity index (χ1) is 13.6. The lowest BCUT2D eigenvalue weighted by Crippen LogP contribution is -2.39. The molecular weight excluding hydrogens is 414 g/mol. The Morgan fingerprint density at radius 2 is 1.14 bits per heavy atom. The molecule has 0 radical (unpaired) electrons. The van der Waals surface area contributed by atoms with Gasteiger partial charge in [-0.05, 0) is 11.1 Å². The first-order valence-electron chi connectivity index (χ1n) is 8.75. The van der Waals surface area contributed by atoms with Crippen molar-refractivity contribution in [3.8, 4) is 11.1 Å². The van der Waals surface area contributed by atoms with Crippen molar-refractivity contribution in [3.63, 3.8) is 0 Å². The Morgan fingerprint density at radius 1 is 0.690 bits per heavy atom. The van der Waals surface area contributed by atoms with Crippen LogP contribution in [0.15, 0.2) is 79.4 Å². The van der Waals surface area contributed by atoms with Crippen molar-refractivity contribution in [2.75, 3.05) is 0 Å². The summed E-state index contributed by atoms with van der Waals surface area (Å²) in [5, 5.41) is 0. The first kappa shape index (κ1) is 21.5. The van der Waals surface area contributed by atoms with Gasteiger partial charge in [0.25, 0.3) is 11.6 Å². The Hall–Kier alpha value is -2.18. The van der Waals surface area contributed by atoms with Gasteiger partial charge < -0.3 is 19.6 Å². The lowest BCUT2D eigenvalue weighted by molar-refractivity contribution is -0.701. The minimum Gasteiger partial charge on any atom is -0.320 e. The maximum Gasteiger partial charge on any atom is 0.398 e. The molecule has 8 nitrogen and oxygen atoms in total. The molecule has 0 amide bonds. The normalized spacial score (nSPS) is 14.4. The summed E-state index contributed by atoms with van der Waals surface area (Å²) in [5.41, 5.74) is 2.11. The summed E-state index contributed by atoms with van der Waals surface area (Å²) in [6.07, 6.45) is 6.38. The van der Waals surface area contributed by atoms with E-state index in [0.29, 0.717) is 5.56 Å². The van der Waals surface area contributed by atoms with Gasteiger partial charge in [0.05, 0.1) is 0 Å². The number of benzene rings is 1. The zero-order chi connectivity index (χ0) is 21.2. The third-order valence-electron chi connectivity index (χ3n) is 4.66. The number of hydrogen-bond donors (Lipinski definition) is 4. The molecule has 0 saturated carbocycles. The number of aromatic nitrogens is 2. The van der Waals surface area contributed by atoms with Crippen LogP contribution >= 0.6 is 15.2 Å². The summed E-state index contributed by atoms with van der Waals surface area (Å²) in [6.45, 7) is 1.44. The maximum absolute atomic E-state index is 12.1. The van der Waals surface area contributed by atoms with E-state index in [1.54, 1.807) is 79.4 Å². The van der Waals surface area contributed by atoms with Crippen LogP contribution in [0.1, 0.15) is 24.1 Å². The van der Waals surface area contributed by atoms with Gasteiger partial charge in [-0.15, -0.1) is 0 Å². The lowest BCUT2D eigenvalue weighted by atomic mass is 10.1. The highest BCUT2D eigenvalue weighted by atomic mass is 31.2. The van der Waals surface area contributed by atoms with Crippen LogP contribution in [-0.4, -0.2) is 19.6 Å². The van der Waals surface area contributed by atoms with Gasteiger partial charge in [-0.1, -0.05) is 30.3 Å². The Kier molecular flexibility index (Phi) is 6.15. The van der Waals surface area contributed by atoms with E-state index in [9.17, 15) is 28.7 Å². The number of rotatable bonds is 6. The molecule has 2 heterocycles. The van der Waals surface area contributed by atoms with Gasteiger partial charge in [-0.25, -0.2) is 0 Å². The average molecular weight is 436 g/mol. The molecule has 0 bridgehead atoms. The van der Waals surface area contributed by atoms with E-state index in [0.717, 1.165) is 11.1 Å². The predicted octanol–water partition coefficient (Wildman–Crippen LogP) is 2.35. The molecule has 0 fully saturated rings. The van der Waals surface area contributed by atoms with Crippen molar-refractivity contribution < 1.29 is 37.8 Å². The second-order valence-electron chi connectivity index (χ2n) is 6.66. The van der Waals surface area contributed by atoms with E-state index in [1.165, 1.54) is 16.1 Å². The van der Waals surface area contributed by atoms with Crippen LogP contribution < -0.4 is 9.13 Å². The molecule has 3 aromatic rings. The fourth-order valence-corrected chi connectivity index (χ4v) is 4.58. The first-order valence-corrected chi connectivity index (χ1v) is 12.1. The van der Waals surface area contributed by atoms with Crippen molar-refractivity contribution in [1.82, 2.24) is 0 Å². The van der Waals surface area contributed by atoms with E-state index in [1.807, 2.05) is 0 Å². The van der Waals surface area contributed by atoms with Gasteiger partial charge in [0.2, 0.25) is 0 Å². The second kappa shape index (κ2) is 8.28. The fraction of sp³-hybridized carbons (Fsp3) is 0.158. The minimum atomic E-state index is -4.45. The minimum absolute atomic E-state index is 0.505. The Bertz CT molecular complexity index is 1060. The Balaban J connectivity index is 1.90. The van der Waals surface area contributed by atoms with E-state index >= 15 is 0 Å². The molecule has 3 rings (SSSR count). The van der Waals surface area contributed by atoms with E-state index < -0.39 is 26.8 Å². The van der Waals surface area contributed by atoms with Crippen LogP contribution in [0, 0.1) is 0 Å². The Morgan fingerprint density at radius 3 is 1.55 bits per heavy atom. The topological polar surface area (TPSA) is 123 Å². The Labute approximate surface area is 168 Å². The molecular formula is C19H22N2O6P2+2. The van der Waals surface area contributed by atoms with Crippen LogP contribution in [0.4, 0.5) is 0 Å². The van der Waals surface area contributed by atoms with Crippen LogP contribution in [0.3, 0.4) is 0 Å². The van der Waals surface area contributed by atoms with Crippen LogP contribution in [0.2, 0.25) is 0 Å². The molecule has 0 spiro atoms. The third kappa shape index (κ3) is 5.06. The molecule has 2 aromatic heterocycles. The van der Waals surface area contributed by atoms with Crippen molar-refractivity contribution in [1.29, 1.82) is 0 Å². The molecule has 0 saturated heterocycles. The highest BCUT2D eigenvalue weighted by Crippen LogP contribution is 2.49. The quantitative estimate of drug-likeness (QED) is 0.348. The molecule has 2 atom stereocenters. The number of pyridine rings is 2. The highest BCUT2D eigenvalue weighted by Gasteiger charge is 2.39. The monoisotopic (exact) mass is 436 g/mol. The molecule has 1 aromatic carbocycles. The van der Waals surface area contributed by atoms with Gasteiger partial charge in [0.1, 0.15) is 0 Å². The van der Waals surface area contributed by atoms with E-state index in [2.05, 4.69) is 0 Å². The number of nitrogens with zero attached hydrogens (tertiary/aromatic N) is 2. The zero-order valence-corrected chi connectivity index (χ0v) is 17.3. The summed E-state index contributed by atoms with van der Waals surface area (Å²) < 4.78 is 26.4. The summed E-state index contributed by atoms with van der Waals surface area (Å²) >= 11 is 0. The molecule has 4 N–H and O–H groups in total. The van der Waals surface area contributed by atoms with Crippen LogP contribution in [-0.2, 0) is 9.13 Å². The van der Waals surface area contributed by atoms with Crippen molar-refractivity contribution >= 4 is 15.2 Å². The maximum atomic E-state index is 12.1. The zero-order valence-electron chi connectivity index (χ0n) is 15.6. The van der Waals surface area contributed by atoms with Crippen molar-refractivity contribution in [3.05, 3.63) is 84.9 Å². The molecule has 152 valence electrons. The van der Waals surface area contributed by atoms with Crippen molar-refractivity contribution in [2.24, 2.45) is 0 Å². The smallest absolute Gasteiger partial charge is 0.320 e. The molecule has 10 heteroatoms. The average Bonchev–Trinajstić information content (AvgIpc) is 2.67. The number of hydrogen-bond acceptors (Lipinski definition) is 2. The third-order valence-corrected chi connectivity index (χ3v) is 7.10. The molecule has 0 aliphatic carbocycles. The standard InChI is InChI=1S/C19H20N2O6P2/c1-15(28(22,23)24)20-11-7-16(8-12-20)17-9-13-21(14-10-17)19(29(25,26)27)18-5-3-2-4-6-18/h2-15,19H,1H3,(H2-2,22,23,24,25,26,27)/p+2. The lowest BCUT2D eigenvalue weighted by Gasteiger charge is -2.14. The summed E-state index contributed by atoms with van der Waals surface area (Å²) in [4.78, 5) is 38.3. The molecule has 0 aliphatic rings. The van der Waals surface area contributed by atoms with E-state index in [-0.39, 0.29) is 0 Å². The molecule has 29 heavy (non-hydrogen) atoms. The predicted molar refractivity (Wildman–Crippen MR) is 106 cm³/mol. The van der Waals surface area contributed by atoms with Gasteiger partial charge in [-0.3, -0.25) is 9.13 Å². The van der Waals surface area contributed by atoms with E-state index in [4.69, 9.17) is 0 Å². The second-order valence-corrected chi connectivity index (χ2v) is 10.3. The fourth-order valence-electron chi connectivity index (χ4n) is 3.01. The van der Waals surface area contributed by atoms with Crippen LogP contribution in [0.5, 0.6) is 0 Å². The van der Waals surface area contributed by atoms with Gasteiger partial charge in [0.15, 0.2) is 24.8 Å². The molecule has 0 aliphatic heterocycles. The van der Waals surface area contributed by atoms with Crippen LogP contribution in [0.25, 0.3) is 11.1 Å². The molecule has 2 unspecified atom stereocenters. The van der Waals surface area contributed by atoms with Crippen molar-refractivity contribution in [2.45, 2.75) is 18.5 Å². The highest BCUT2D eigenvalue weighted by molar-refractivity contribution is 7.52. The van der Waals surface area contributed by atoms with Gasteiger partial charge in [-0.2, -0.15) is 9.13 Å². The largest absolute Gasteiger partial charge is 0.398 e. The SMILES string of the molecule is CC([n+]1ccc(-c2cc[n+](C(c3ccccc3)P(=O)(O)O)cc2)cc1)P(=O)(O)O. The summed E-state index contributed by atoms with van der Waals surface area (Å²) in [7, 11) is -8.70. The van der Waals surface area contributed by atoms with Gasteiger partial charge in [0, 0.05) is 36.8 Å². The summed E-state index contributed by atoms with van der Waals surface area (Å²) in [6, 6.07) is 15.5.